The quantitative estimate of drug-likeness (QED) is 0.688. The van der Waals surface area contributed by atoms with Gasteiger partial charge in [0.15, 0.2) is 5.88 Å². The van der Waals surface area contributed by atoms with E-state index in [0.29, 0.717) is 16.8 Å². The van der Waals surface area contributed by atoms with Crippen molar-refractivity contribution in [1.29, 1.82) is 0 Å². The monoisotopic (exact) mass is 374 g/mol. The first-order valence-electron chi connectivity index (χ1n) is 10.2. The Kier molecular flexibility index (Phi) is 5.56. The predicted octanol–water partition coefficient (Wildman–Crippen LogP) is 5.79. The number of rotatable bonds is 2. The number of H-pyrrole nitrogens is 1. The second-order valence-corrected chi connectivity index (χ2v) is 7.47. The third-order valence-electron chi connectivity index (χ3n) is 5.50. The van der Waals surface area contributed by atoms with Gasteiger partial charge < -0.3 is 10.1 Å². The Bertz CT molecular complexity index is 951. The number of amides is 1. The van der Waals surface area contributed by atoms with Gasteiger partial charge in [-0.2, -0.15) is 0 Å². The molecule has 4 nitrogen and oxygen atoms in total. The number of allylic oxidation sites excluding steroid dienone is 10. The Balaban J connectivity index is 1.73. The number of nitrogens with zero attached hydrogens (tertiary/aromatic N) is 1. The van der Waals surface area contributed by atoms with E-state index in [-0.39, 0.29) is 11.8 Å². The summed E-state index contributed by atoms with van der Waals surface area (Å²) < 4.78 is 0. The summed E-state index contributed by atoms with van der Waals surface area (Å²) in [5, 5.41) is 10.7. The molecular weight excluding hydrogens is 348 g/mol. The van der Waals surface area contributed by atoms with Gasteiger partial charge in [-0.3, -0.25) is 4.79 Å². The summed E-state index contributed by atoms with van der Waals surface area (Å²) in [6, 6.07) is 0. The van der Waals surface area contributed by atoms with Crippen LogP contribution in [-0.4, -0.2) is 21.7 Å². The van der Waals surface area contributed by atoms with Gasteiger partial charge in [-0.25, -0.2) is 4.99 Å². The summed E-state index contributed by atoms with van der Waals surface area (Å²) in [5.74, 6) is -0.229. The lowest BCUT2D eigenvalue weighted by Crippen LogP contribution is -2.00. The molecule has 0 spiro atoms. The Morgan fingerprint density at radius 3 is 2.68 bits per heavy atom. The molecule has 2 aliphatic carbocycles. The molecule has 2 heterocycles. The maximum absolute atomic E-state index is 12.8. The third-order valence-corrected chi connectivity index (χ3v) is 5.50. The minimum Gasteiger partial charge on any atom is -0.494 e. The van der Waals surface area contributed by atoms with Gasteiger partial charge in [0.2, 0.25) is 0 Å². The van der Waals surface area contributed by atoms with Gasteiger partial charge in [0.1, 0.15) is 0 Å². The highest BCUT2D eigenvalue weighted by molar-refractivity contribution is 6.30. The lowest BCUT2D eigenvalue weighted by molar-refractivity contribution is 0.101. The molecule has 1 aromatic rings. The highest BCUT2D eigenvalue weighted by Gasteiger charge is 2.34. The predicted molar refractivity (Wildman–Crippen MR) is 114 cm³/mol. The highest BCUT2D eigenvalue weighted by atomic mass is 16.3. The van der Waals surface area contributed by atoms with E-state index in [0.717, 1.165) is 42.5 Å². The molecule has 1 amide bonds. The molecule has 1 aromatic heterocycles. The fraction of sp³-hybridized carbons (Fsp3) is 0.333. The van der Waals surface area contributed by atoms with Crippen molar-refractivity contribution in [3.8, 4) is 5.88 Å². The van der Waals surface area contributed by atoms with Crippen LogP contribution in [0.1, 0.15) is 73.0 Å². The van der Waals surface area contributed by atoms with Crippen molar-refractivity contribution in [2.45, 2.75) is 51.4 Å². The molecule has 0 fully saturated rings. The Morgan fingerprint density at radius 2 is 1.75 bits per heavy atom. The zero-order chi connectivity index (χ0) is 19.3. The molecular formula is C24H26N2O2. The van der Waals surface area contributed by atoms with Crippen molar-refractivity contribution < 1.29 is 9.90 Å². The molecule has 3 aliphatic rings. The standard InChI is InChI=1S/C24H26N2O2/c27-23-19-20(22(26-23)18-15-11-7-3-4-8-12-16-18)24(28)25-21(19)17-13-9-5-1-2-6-10-14-17/h1-2,5-6,9,13-15,26-27H,3-4,7-8,10-12,16H2/b5-1-,6-2-,13-9-,17-14+,18-15+. The second kappa shape index (κ2) is 8.42. The van der Waals surface area contributed by atoms with Crippen LogP contribution in [0.4, 0.5) is 0 Å². The normalized spacial score (nSPS) is 27.3. The van der Waals surface area contributed by atoms with E-state index in [2.05, 4.69) is 16.1 Å². The van der Waals surface area contributed by atoms with Crippen molar-refractivity contribution in [2.75, 3.05) is 0 Å². The fourth-order valence-electron chi connectivity index (χ4n) is 4.07. The molecule has 0 unspecified atom stereocenters. The Morgan fingerprint density at radius 1 is 0.929 bits per heavy atom. The van der Waals surface area contributed by atoms with Crippen LogP contribution < -0.4 is 0 Å². The van der Waals surface area contributed by atoms with Crippen LogP contribution in [0.2, 0.25) is 0 Å². The number of nitrogens with one attached hydrogen (secondary N) is 1. The molecule has 0 atom stereocenters. The van der Waals surface area contributed by atoms with E-state index in [1.807, 2.05) is 42.5 Å². The molecule has 28 heavy (non-hydrogen) atoms. The minimum absolute atomic E-state index is 0.0376. The van der Waals surface area contributed by atoms with Gasteiger partial charge in [0, 0.05) is 0 Å². The number of aromatic hydroxyl groups is 1. The van der Waals surface area contributed by atoms with E-state index in [1.54, 1.807) is 0 Å². The van der Waals surface area contributed by atoms with Crippen LogP contribution in [0.15, 0.2) is 59.2 Å². The van der Waals surface area contributed by atoms with E-state index in [4.69, 9.17) is 0 Å². The van der Waals surface area contributed by atoms with E-state index >= 15 is 0 Å². The first-order chi connectivity index (χ1) is 13.8. The second-order valence-electron chi connectivity index (χ2n) is 7.47. The maximum Gasteiger partial charge on any atom is 0.280 e. The number of fused-ring (bicyclic) bond motifs is 1. The number of hydrogen-bond donors (Lipinski definition) is 2. The number of carbonyl (C=O) groups is 1. The summed E-state index contributed by atoms with van der Waals surface area (Å²) in [6.07, 6.45) is 24.8. The number of aromatic amines is 1. The summed E-state index contributed by atoms with van der Waals surface area (Å²) in [4.78, 5) is 20.2. The average Bonchev–Trinajstić information content (AvgIpc) is 3.27. The van der Waals surface area contributed by atoms with Crippen LogP contribution in [0.3, 0.4) is 0 Å². The molecule has 0 aromatic carbocycles. The van der Waals surface area contributed by atoms with Crippen LogP contribution in [0, 0.1) is 0 Å². The van der Waals surface area contributed by atoms with Crippen molar-refractivity contribution in [3.63, 3.8) is 0 Å². The largest absolute Gasteiger partial charge is 0.494 e. The molecule has 1 aliphatic heterocycles. The number of aliphatic imine (C=N–C) groups is 1. The zero-order valence-electron chi connectivity index (χ0n) is 16.1. The van der Waals surface area contributed by atoms with Crippen molar-refractivity contribution in [1.82, 2.24) is 4.98 Å². The van der Waals surface area contributed by atoms with Crippen molar-refractivity contribution >= 4 is 17.2 Å². The van der Waals surface area contributed by atoms with Gasteiger partial charge in [-0.05, 0) is 43.3 Å². The molecule has 4 heteroatoms. The lowest BCUT2D eigenvalue weighted by atomic mass is 9.97. The summed E-state index contributed by atoms with van der Waals surface area (Å²) >= 11 is 0. The summed E-state index contributed by atoms with van der Waals surface area (Å²) in [6.45, 7) is 0. The molecule has 4 rings (SSSR count). The van der Waals surface area contributed by atoms with Crippen molar-refractivity contribution in [3.05, 3.63) is 71.0 Å². The molecule has 2 N–H and O–H groups in total. The fourth-order valence-corrected chi connectivity index (χ4v) is 4.07. The van der Waals surface area contributed by atoms with Crippen LogP contribution >= 0.6 is 0 Å². The van der Waals surface area contributed by atoms with Crippen LogP contribution in [0.5, 0.6) is 5.88 Å². The van der Waals surface area contributed by atoms with Crippen LogP contribution in [0.25, 0.3) is 5.57 Å². The van der Waals surface area contributed by atoms with Crippen LogP contribution in [-0.2, 0) is 0 Å². The number of aromatic nitrogens is 1. The first-order valence-corrected chi connectivity index (χ1v) is 10.2. The molecule has 0 saturated heterocycles. The topological polar surface area (TPSA) is 65.4 Å². The average molecular weight is 374 g/mol. The van der Waals surface area contributed by atoms with E-state index in [1.165, 1.54) is 25.7 Å². The number of hydrogen-bond acceptors (Lipinski definition) is 2. The van der Waals surface area contributed by atoms with Gasteiger partial charge in [0.05, 0.1) is 22.5 Å². The summed E-state index contributed by atoms with van der Waals surface area (Å²) in [5.41, 5.74) is 4.37. The zero-order valence-corrected chi connectivity index (χ0v) is 16.1. The SMILES string of the molecule is O=C1N=C(C2=C\C\C=C/C=C\C=C/2)c2c(O)[nH]c(/C3=C/CCCCCCC3)c21. The molecule has 0 bridgehead atoms. The Labute approximate surface area is 165 Å². The highest BCUT2D eigenvalue weighted by Crippen LogP contribution is 2.38. The lowest BCUT2D eigenvalue weighted by Gasteiger charge is -2.06. The van der Waals surface area contributed by atoms with Gasteiger partial charge in [-0.1, -0.05) is 67.9 Å². The van der Waals surface area contributed by atoms with E-state index < -0.39 is 0 Å². The van der Waals surface area contributed by atoms with E-state index in [9.17, 15) is 9.90 Å². The minimum atomic E-state index is -0.266. The van der Waals surface area contributed by atoms with Crippen molar-refractivity contribution in [2.24, 2.45) is 4.99 Å². The van der Waals surface area contributed by atoms with Gasteiger partial charge >= 0.3 is 0 Å². The smallest absolute Gasteiger partial charge is 0.280 e. The first kappa shape index (κ1) is 18.5. The third kappa shape index (κ3) is 3.72. The molecule has 0 saturated carbocycles. The van der Waals surface area contributed by atoms with Gasteiger partial charge in [-0.15, -0.1) is 0 Å². The Hall–Kier alpha value is -2.88. The van der Waals surface area contributed by atoms with Gasteiger partial charge in [0.25, 0.3) is 5.91 Å². The maximum atomic E-state index is 12.8. The number of carbonyl (C=O) groups excluding carboxylic acids is 1. The molecule has 0 radical (unpaired) electrons. The molecule has 144 valence electrons. The summed E-state index contributed by atoms with van der Waals surface area (Å²) in [7, 11) is 0.